The summed E-state index contributed by atoms with van der Waals surface area (Å²) in [5.74, 6) is 0.724. The van der Waals surface area contributed by atoms with E-state index in [0.29, 0.717) is 23.9 Å². The number of fused-ring (bicyclic) bond motifs is 2. The summed E-state index contributed by atoms with van der Waals surface area (Å²) in [6.45, 7) is 4.64. The van der Waals surface area contributed by atoms with Crippen molar-refractivity contribution in [1.82, 2.24) is 15.2 Å². The zero-order valence-corrected chi connectivity index (χ0v) is 18.8. The van der Waals surface area contributed by atoms with Gasteiger partial charge in [0, 0.05) is 24.2 Å². The number of benzene rings is 2. The highest BCUT2D eigenvalue weighted by Gasteiger charge is 2.48. The number of piperidine rings is 1. The molecule has 0 radical (unpaired) electrons. The van der Waals surface area contributed by atoms with E-state index in [1.54, 1.807) is 6.07 Å². The molecule has 2 aliphatic rings. The van der Waals surface area contributed by atoms with Crippen LogP contribution in [-0.4, -0.2) is 41.0 Å². The lowest BCUT2D eigenvalue weighted by atomic mass is 9.58. The minimum absolute atomic E-state index is 0.0205. The molecule has 1 saturated heterocycles. The van der Waals surface area contributed by atoms with Crippen LogP contribution in [0.1, 0.15) is 44.9 Å². The van der Waals surface area contributed by atoms with E-state index in [1.807, 2.05) is 42.5 Å². The second-order valence-electron chi connectivity index (χ2n) is 9.55. The number of carbonyl (C=O) groups is 1. The lowest BCUT2D eigenvalue weighted by Gasteiger charge is -2.50. The number of aromatic hydroxyl groups is 1. The lowest BCUT2D eigenvalue weighted by Crippen LogP contribution is -2.52. The quantitative estimate of drug-likeness (QED) is 0.588. The molecule has 1 aromatic heterocycles. The molecule has 166 valence electrons. The van der Waals surface area contributed by atoms with Gasteiger partial charge in [0.1, 0.15) is 11.4 Å². The molecule has 2 atom stereocenters. The molecule has 1 amide bonds. The number of phenolic OH excluding ortho intramolecular Hbond substituents is 1. The van der Waals surface area contributed by atoms with Gasteiger partial charge in [-0.25, -0.2) is 0 Å². The topological polar surface area (TPSA) is 68.4 Å². The third-order valence-corrected chi connectivity index (χ3v) is 7.61. The van der Waals surface area contributed by atoms with Gasteiger partial charge in [-0.05, 0) is 80.1 Å². The summed E-state index contributed by atoms with van der Waals surface area (Å²) in [5.41, 5.74) is 6.51. The minimum Gasteiger partial charge on any atom is -0.508 e. The zero-order chi connectivity index (χ0) is 22.3. The number of hydrogen-bond acceptors (Lipinski definition) is 3. The maximum Gasteiger partial charge on any atom is 0.268 e. The third kappa shape index (κ3) is 3.61. The first-order valence-corrected chi connectivity index (χ1v) is 11.5. The monoisotopic (exact) mass is 429 g/mol. The van der Waals surface area contributed by atoms with E-state index in [-0.39, 0.29) is 11.3 Å². The molecule has 5 heteroatoms. The Morgan fingerprint density at radius 1 is 1.22 bits per heavy atom. The number of hydrogen-bond donors (Lipinski definition) is 3. The van der Waals surface area contributed by atoms with Crippen LogP contribution in [0.15, 0.2) is 54.6 Å². The number of aromatic nitrogens is 1. The molecule has 0 unspecified atom stereocenters. The van der Waals surface area contributed by atoms with Crippen molar-refractivity contribution in [2.24, 2.45) is 5.92 Å². The maximum absolute atomic E-state index is 13.0. The maximum atomic E-state index is 13.0. The summed E-state index contributed by atoms with van der Waals surface area (Å²) >= 11 is 0. The van der Waals surface area contributed by atoms with Crippen molar-refractivity contribution in [1.29, 1.82) is 0 Å². The van der Waals surface area contributed by atoms with Crippen molar-refractivity contribution in [2.45, 2.75) is 38.1 Å². The fourth-order valence-electron chi connectivity index (χ4n) is 5.81. The van der Waals surface area contributed by atoms with Crippen LogP contribution in [0.4, 0.5) is 0 Å². The molecule has 2 heterocycles. The molecule has 0 spiro atoms. The van der Waals surface area contributed by atoms with E-state index in [9.17, 15) is 9.90 Å². The first-order valence-electron chi connectivity index (χ1n) is 11.5. The summed E-state index contributed by atoms with van der Waals surface area (Å²) in [6.07, 6.45) is 2.87. The molecule has 1 aliphatic carbocycles. The Balaban J connectivity index is 1.46. The van der Waals surface area contributed by atoms with Crippen LogP contribution in [0.25, 0.3) is 0 Å². The number of aromatic amines is 1. The lowest BCUT2D eigenvalue weighted by molar-refractivity contribution is 0.0944. The van der Waals surface area contributed by atoms with Gasteiger partial charge < -0.3 is 20.3 Å². The highest BCUT2D eigenvalue weighted by Crippen LogP contribution is 2.48. The van der Waals surface area contributed by atoms with E-state index in [0.717, 1.165) is 43.5 Å². The van der Waals surface area contributed by atoms with Crippen molar-refractivity contribution in [3.8, 4) is 5.75 Å². The normalized spacial score (nSPS) is 22.8. The first kappa shape index (κ1) is 20.8. The fourth-order valence-corrected chi connectivity index (χ4v) is 5.81. The summed E-state index contributed by atoms with van der Waals surface area (Å²) < 4.78 is 0. The summed E-state index contributed by atoms with van der Waals surface area (Å²) in [4.78, 5) is 18.9. The summed E-state index contributed by atoms with van der Waals surface area (Å²) in [5, 5.41) is 13.3. The average Bonchev–Trinajstić information content (AvgIpc) is 3.12. The molecular formula is C27H31N3O2. The molecule has 3 N–H and O–H groups in total. The number of phenols is 1. The van der Waals surface area contributed by atoms with Crippen LogP contribution in [0.3, 0.4) is 0 Å². The first-order chi connectivity index (χ1) is 15.5. The SMILES string of the molecule is Cc1c(C(=O)NCc2ccccc2)[nH]c2c1C[C@@H]1CN(C)CC[C@@]1(c1cccc(O)c1)C2. The predicted octanol–water partition coefficient (Wildman–Crippen LogP) is 3.95. The van der Waals surface area contributed by atoms with E-state index in [2.05, 4.69) is 35.2 Å². The standard InChI is InChI=1S/C27H31N3O2/c1-18-23-14-21-17-30(2)12-11-27(21,20-9-6-10-22(31)13-20)15-24(23)29-25(18)26(32)28-16-19-7-4-3-5-8-19/h3-10,13,21,29,31H,11-12,14-17H2,1-2H3,(H,28,32)/t21-,27+/m1/s1. The van der Waals surface area contributed by atoms with Gasteiger partial charge in [-0.15, -0.1) is 0 Å². The van der Waals surface area contributed by atoms with Crippen molar-refractivity contribution in [2.75, 3.05) is 20.1 Å². The molecule has 5 rings (SSSR count). The molecule has 1 fully saturated rings. The number of H-pyrrole nitrogens is 1. The Hall–Kier alpha value is -3.05. The summed E-state index contributed by atoms with van der Waals surface area (Å²) in [7, 11) is 2.19. The van der Waals surface area contributed by atoms with Crippen molar-refractivity contribution in [3.63, 3.8) is 0 Å². The van der Waals surface area contributed by atoms with Gasteiger partial charge in [-0.3, -0.25) is 4.79 Å². The molecule has 5 nitrogen and oxygen atoms in total. The number of rotatable bonds is 4. The number of nitrogens with zero attached hydrogens (tertiary/aromatic N) is 1. The van der Waals surface area contributed by atoms with Gasteiger partial charge in [0.25, 0.3) is 5.91 Å². The second kappa shape index (κ2) is 8.14. The van der Waals surface area contributed by atoms with E-state index in [1.165, 1.54) is 16.8 Å². The number of amides is 1. The van der Waals surface area contributed by atoms with Gasteiger partial charge in [0.15, 0.2) is 0 Å². The fraction of sp³-hybridized carbons (Fsp3) is 0.370. The predicted molar refractivity (Wildman–Crippen MR) is 126 cm³/mol. The van der Waals surface area contributed by atoms with Crippen LogP contribution in [0.5, 0.6) is 5.75 Å². The number of nitrogens with one attached hydrogen (secondary N) is 2. The molecule has 1 aliphatic heterocycles. The molecule has 0 bridgehead atoms. The van der Waals surface area contributed by atoms with Crippen LogP contribution in [0, 0.1) is 12.8 Å². The van der Waals surface area contributed by atoms with Crippen molar-refractivity contribution >= 4 is 5.91 Å². The molecule has 3 aromatic rings. The smallest absolute Gasteiger partial charge is 0.268 e. The van der Waals surface area contributed by atoms with E-state index >= 15 is 0 Å². The van der Waals surface area contributed by atoms with Gasteiger partial charge >= 0.3 is 0 Å². The Kier molecular flexibility index (Phi) is 5.30. The summed E-state index contributed by atoms with van der Waals surface area (Å²) in [6, 6.07) is 17.8. The van der Waals surface area contributed by atoms with E-state index < -0.39 is 0 Å². The molecule has 32 heavy (non-hydrogen) atoms. The van der Waals surface area contributed by atoms with Gasteiger partial charge in [0.05, 0.1) is 0 Å². The van der Waals surface area contributed by atoms with Crippen LogP contribution >= 0.6 is 0 Å². The van der Waals surface area contributed by atoms with Crippen molar-refractivity contribution < 1.29 is 9.90 Å². The Labute approximate surface area is 189 Å². The van der Waals surface area contributed by atoms with E-state index in [4.69, 9.17) is 0 Å². The number of likely N-dealkylation sites (tertiary alicyclic amines) is 1. The number of carbonyl (C=O) groups excluding carboxylic acids is 1. The minimum atomic E-state index is -0.0488. The largest absolute Gasteiger partial charge is 0.508 e. The van der Waals surface area contributed by atoms with Crippen LogP contribution in [-0.2, 0) is 24.8 Å². The zero-order valence-electron chi connectivity index (χ0n) is 18.8. The molecular weight excluding hydrogens is 398 g/mol. The highest BCUT2D eigenvalue weighted by molar-refractivity contribution is 5.94. The third-order valence-electron chi connectivity index (χ3n) is 7.61. The molecule has 0 saturated carbocycles. The Bertz CT molecular complexity index is 1140. The van der Waals surface area contributed by atoms with Gasteiger partial charge in [-0.2, -0.15) is 0 Å². The molecule has 2 aromatic carbocycles. The average molecular weight is 430 g/mol. The highest BCUT2D eigenvalue weighted by atomic mass is 16.3. The Morgan fingerprint density at radius 3 is 2.81 bits per heavy atom. The Morgan fingerprint density at radius 2 is 2.03 bits per heavy atom. The second-order valence-corrected chi connectivity index (χ2v) is 9.55. The van der Waals surface area contributed by atoms with Gasteiger partial charge in [0.2, 0.25) is 0 Å². The van der Waals surface area contributed by atoms with Crippen LogP contribution < -0.4 is 5.32 Å². The van der Waals surface area contributed by atoms with Crippen LogP contribution in [0.2, 0.25) is 0 Å². The van der Waals surface area contributed by atoms with Crippen molar-refractivity contribution in [3.05, 3.63) is 88.2 Å². The van der Waals surface area contributed by atoms with Gasteiger partial charge in [-0.1, -0.05) is 42.5 Å².